The Bertz CT molecular complexity index is 521. The lowest BCUT2D eigenvalue weighted by atomic mass is 10.1. The summed E-state index contributed by atoms with van der Waals surface area (Å²) in [5.74, 6) is -3.21. The molecule has 10 nitrogen and oxygen atoms in total. The fourth-order valence-electron chi connectivity index (χ4n) is 3.49. The Hall–Kier alpha value is -2.20. The maximum absolute atomic E-state index is 11.0. The van der Waals surface area contributed by atoms with E-state index in [9.17, 15) is 9.59 Å². The van der Waals surface area contributed by atoms with Crippen LogP contribution in [0.25, 0.3) is 0 Å². The number of carbonyl (C=O) groups excluding carboxylic acids is 2. The van der Waals surface area contributed by atoms with Gasteiger partial charge in [0.15, 0.2) is 0 Å². The van der Waals surface area contributed by atoms with Crippen LogP contribution in [0.2, 0.25) is 0 Å². The molecule has 10 heteroatoms. The van der Waals surface area contributed by atoms with Gasteiger partial charge >= 0.3 is 11.9 Å². The number of carboxylic acids is 2. The van der Waals surface area contributed by atoms with E-state index in [1.807, 2.05) is 9.80 Å². The van der Waals surface area contributed by atoms with E-state index in [2.05, 4.69) is 24.5 Å². The molecular weight excluding hydrogens is 416 g/mol. The van der Waals surface area contributed by atoms with Gasteiger partial charge in [0.1, 0.15) is 0 Å². The van der Waals surface area contributed by atoms with Gasteiger partial charge in [-0.1, -0.05) is 13.8 Å². The third-order valence-electron chi connectivity index (χ3n) is 5.43. The molecule has 0 spiro atoms. The van der Waals surface area contributed by atoms with E-state index in [-0.39, 0.29) is 11.8 Å². The minimum Gasteiger partial charge on any atom is -0.473 e. The largest absolute Gasteiger partial charge is 0.473 e. The number of amides is 2. The monoisotopic (exact) mass is 458 g/mol. The zero-order chi connectivity index (χ0) is 24.5. The maximum Gasteiger partial charge on any atom is 0.414 e. The predicted molar refractivity (Wildman–Crippen MR) is 122 cm³/mol. The van der Waals surface area contributed by atoms with Crippen LogP contribution in [-0.2, 0) is 19.2 Å². The third kappa shape index (κ3) is 14.0. The number of likely N-dealkylation sites (tertiary alicyclic amines) is 2. The van der Waals surface area contributed by atoms with E-state index in [0.29, 0.717) is 12.1 Å². The van der Waals surface area contributed by atoms with Crippen molar-refractivity contribution in [2.45, 2.75) is 78.3 Å². The first-order chi connectivity index (χ1) is 15.1. The second kappa shape index (κ2) is 17.4. The molecule has 4 N–H and O–H groups in total. The summed E-state index contributed by atoms with van der Waals surface area (Å²) in [6.45, 7) is 13.6. The highest BCUT2D eigenvalue weighted by Crippen LogP contribution is 2.10. The Morgan fingerprint density at radius 1 is 0.688 bits per heavy atom. The zero-order valence-electron chi connectivity index (χ0n) is 20.1. The molecule has 0 aliphatic carbocycles. The number of rotatable bonds is 6. The van der Waals surface area contributed by atoms with Crippen LogP contribution in [0.15, 0.2) is 0 Å². The number of piperidine rings is 2. The van der Waals surface area contributed by atoms with Crippen molar-refractivity contribution in [3.63, 3.8) is 0 Å². The third-order valence-corrected chi connectivity index (χ3v) is 5.43. The van der Waals surface area contributed by atoms with Gasteiger partial charge in [0.25, 0.3) is 0 Å². The number of carbonyl (C=O) groups is 4. The van der Waals surface area contributed by atoms with Crippen LogP contribution in [0.4, 0.5) is 0 Å². The first-order valence-corrected chi connectivity index (χ1v) is 11.6. The average molecular weight is 459 g/mol. The Morgan fingerprint density at radius 3 is 1.16 bits per heavy atom. The summed E-state index contributed by atoms with van der Waals surface area (Å²) in [5, 5.41) is 21.8. The molecule has 0 bridgehead atoms. The van der Waals surface area contributed by atoms with Crippen LogP contribution >= 0.6 is 0 Å². The van der Waals surface area contributed by atoms with E-state index < -0.39 is 11.9 Å². The van der Waals surface area contributed by atoms with Gasteiger partial charge in [0.05, 0.1) is 0 Å². The minimum absolute atomic E-state index is 0.217. The van der Waals surface area contributed by atoms with Gasteiger partial charge in [-0.15, -0.1) is 0 Å². The molecule has 0 saturated carbocycles. The number of hydrogen-bond donors (Lipinski definition) is 4. The highest BCUT2D eigenvalue weighted by molar-refractivity contribution is 6.27. The van der Waals surface area contributed by atoms with Crippen molar-refractivity contribution in [2.75, 3.05) is 39.3 Å². The van der Waals surface area contributed by atoms with Crippen molar-refractivity contribution in [3.8, 4) is 0 Å². The molecule has 2 saturated heterocycles. The molecular formula is C22H42N4O6. The molecule has 0 aromatic rings. The molecule has 0 unspecified atom stereocenters. The molecule has 2 aliphatic rings. The summed E-state index contributed by atoms with van der Waals surface area (Å²) in [6.07, 6.45) is 6.82. The van der Waals surface area contributed by atoms with Gasteiger partial charge in [-0.2, -0.15) is 0 Å². The van der Waals surface area contributed by atoms with Crippen LogP contribution in [-0.4, -0.2) is 95.1 Å². The van der Waals surface area contributed by atoms with Gasteiger partial charge in [0.2, 0.25) is 11.8 Å². The molecule has 2 heterocycles. The van der Waals surface area contributed by atoms with Gasteiger partial charge < -0.3 is 30.6 Å². The van der Waals surface area contributed by atoms with Gasteiger partial charge in [0, 0.05) is 52.1 Å². The topological polar surface area (TPSA) is 139 Å². The molecule has 0 aromatic carbocycles. The normalized spacial score (nSPS) is 16.9. The van der Waals surface area contributed by atoms with Gasteiger partial charge in [-0.05, 0) is 51.6 Å². The number of nitrogens with zero attached hydrogens (tertiary/aromatic N) is 2. The summed E-state index contributed by atoms with van der Waals surface area (Å²) in [5.41, 5.74) is 0. The Kier molecular flexibility index (Phi) is 16.2. The predicted octanol–water partition coefficient (Wildman–Crippen LogP) is 1.15. The van der Waals surface area contributed by atoms with Crippen molar-refractivity contribution < 1.29 is 29.4 Å². The standard InChI is InChI=1S/2C10H20N2O.C2H2O4/c2*1-3-6-11-10-4-7-12(8-5-10)9(2)13;3-1(4)2(5)6/h2*10-11H,3-8H2,1-2H3;(H,3,4)(H,5,6). The average Bonchev–Trinajstić information content (AvgIpc) is 2.77. The van der Waals surface area contributed by atoms with E-state index in [0.717, 1.165) is 65.0 Å². The lowest BCUT2D eigenvalue weighted by Crippen LogP contribution is -2.44. The van der Waals surface area contributed by atoms with Crippen molar-refractivity contribution >= 4 is 23.8 Å². The van der Waals surface area contributed by atoms with Crippen molar-refractivity contribution in [2.24, 2.45) is 0 Å². The molecule has 2 fully saturated rings. The number of hydrogen-bond acceptors (Lipinski definition) is 6. The summed E-state index contributed by atoms with van der Waals surface area (Å²) >= 11 is 0. The zero-order valence-corrected chi connectivity index (χ0v) is 20.1. The number of nitrogens with one attached hydrogen (secondary N) is 2. The lowest BCUT2D eigenvalue weighted by molar-refractivity contribution is -0.159. The molecule has 2 rings (SSSR count). The first-order valence-electron chi connectivity index (χ1n) is 11.6. The molecule has 32 heavy (non-hydrogen) atoms. The Morgan fingerprint density at radius 2 is 0.969 bits per heavy atom. The second-order valence-corrected chi connectivity index (χ2v) is 8.08. The smallest absolute Gasteiger partial charge is 0.414 e. The van der Waals surface area contributed by atoms with Crippen LogP contribution in [0.1, 0.15) is 66.2 Å². The molecule has 2 aliphatic heterocycles. The molecule has 0 atom stereocenters. The second-order valence-electron chi connectivity index (χ2n) is 8.08. The van der Waals surface area contributed by atoms with E-state index in [1.54, 1.807) is 13.8 Å². The fraction of sp³-hybridized carbons (Fsp3) is 0.818. The van der Waals surface area contributed by atoms with Crippen LogP contribution in [0.5, 0.6) is 0 Å². The van der Waals surface area contributed by atoms with Crippen molar-refractivity contribution in [1.82, 2.24) is 20.4 Å². The van der Waals surface area contributed by atoms with E-state index in [4.69, 9.17) is 19.8 Å². The van der Waals surface area contributed by atoms with Gasteiger partial charge in [-0.25, -0.2) is 9.59 Å². The highest BCUT2D eigenvalue weighted by Gasteiger charge is 2.20. The van der Waals surface area contributed by atoms with E-state index in [1.165, 1.54) is 12.8 Å². The molecule has 186 valence electrons. The molecule has 0 radical (unpaired) electrons. The van der Waals surface area contributed by atoms with Crippen molar-refractivity contribution in [3.05, 3.63) is 0 Å². The van der Waals surface area contributed by atoms with Gasteiger partial charge in [-0.3, -0.25) is 9.59 Å². The number of aliphatic carboxylic acids is 2. The summed E-state index contributed by atoms with van der Waals surface area (Å²) in [4.78, 5) is 44.1. The quantitative estimate of drug-likeness (QED) is 0.435. The molecule has 0 aromatic heterocycles. The lowest BCUT2D eigenvalue weighted by Gasteiger charge is -2.31. The number of carboxylic acid groups (broad SMARTS) is 2. The fourth-order valence-corrected chi connectivity index (χ4v) is 3.49. The summed E-state index contributed by atoms with van der Waals surface area (Å²) in [7, 11) is 0. The summed E-state index contributed by atoms with van der Waals surface area (Å²) < 4.78 is 0. The van der Waals surface area contributed by atoms with Crippen LogP contribution < -0.4 is 10.6 Å². The van der Waals surface area contributed by atoms with E-state index >= 15 is 0 Å². The van der Waals surface area contributed by atoms with Crippen molar-refractivity contribution in [1.29, 1.82) is 0 Å². The summed E-state index contributed by atoms with van der Waals surface area (Å²) in [6, 6.07) is 1.27. The molecule has 2 amide bonds. The Balaban J connectivity index is 0.000000484. The van der Waals surface area contributed by atoms with Crippen LogP contribution in [0.3, 0.4) is 0 Å². The SMILES string of the molecule is CCCNC1CCN(C(C)=O)CC1.CCCNC1CCN(C(C)=O)CC1.O=C(O)C(=O)O. The Labute approximate surface area is 191 Å². The first kappa shape index (κ1) is 29.8. The minimum atomic E-state index is -1.82. The highest BCUT2D eigenvalue weighted by atomic mass is 16.4. The van der Waals surface area contributed by atoms with Crippen LogP contribution in [0, 0.1) is 0 Å². The maximum atomic E-state index is 11.0.